The van der Waals surface area contributed by atoms with E-state index in [0.29, 0.717) is 0 Å². The van der Waals surface area contributed by atoms with Crippen LogP contribution in [-0.4, -0.2) is 51.1 Å². The van der Waals surface area contributed by atoms with Gasteiger partial charge in [0, 0.05) is 6.26 Å². The zero-order valence-electron chi connectivity index (χ0n) is 13.9. The quantitative estimate of drug-likeness (QED) is 0.381. The van der Waals surface area contributed by atoms with E-state index >= 15 is 0 Å². The zero-order valence-corrected chi connectivity index (χ0v) is 15.5. The Bertz CT molecular complexity index is 307. The van der Waals surface area contributed by atoms with Crippen molar-refractivity contribution in [1.82, 2.24) is 0 Å². The van der Waals surface area contributed by atoms with Crippen molar-refractivity contribution in [2.45, 2.75) is 59.3 Å². The van der Waals surface area contributed by atoms with Crippen molar-refractivity contribution in [3.8, 4) is 0 Å². The normalized spacial score (nSPS) is 12.8. The molecule has 0 aromatic carbocycles. The predicted molar refractivity (Wildman–Crippen MR) is 91.8 cm³/mol. The Hall–Kier alpha value is 0.260. The van der Waals surface area contributed by atoms with Crippen LogP contribution in [-0.2, 0) is 8.87 Å². The number of quaternary nitrogens is 1. The molecule has 5 heteroatoms. The van der Waals surface area contributed by atoms with Crippen molar-refractivity contribution >= 4 is 19.7 Å². The molecule has 0 saturated heterocycles. The second kappa shape index (κ2) is 10.9. The zero-order chi connectivity index (χ0) is 15.5. The SMILES string of the molecule is CCCC[N+](CCCC)(CCCC)CCSS(C)(=O)=O. The molecule has 0 bridgehead atoms. The molecule has 0 rings (SSSR count). The summed E-state index contributed by atoms with van der Waals surface area (Å²) in [6.45, 7) is 11.3. The van der Waals surface area contributed by atoms with Crippen LogP contribution in [0.4, 0.5) is 0 Å². The lowest BCUT2D eigenvalue weighted by atomic mass is 10.1. The van der Waals surface area contributed by atoms with Gasteiger partial charge in [-0.1, -0.05) is 40.0 Å². The molecule has 0 fully saturated rings. The van der Waals surface area contributed by atoms with Crippen LogP contribution in [0.2, 0.25) is 0 Å². The first kappa shape index (κ1) is 20.3. The molecule has 0 aliphatic rings. The molecule has 0 atom stereocenters. The van der Waals surface area contributed by atoms with E-state index in [0.717, 1.165) is 27.6 Å². The number of rotatable bonds is 13. The van der Waals surface area contributed by atoms with Crippen LogP contribution >= 0.6 is 10.8 Å². The Morgan fingerprint density at radius 2 is 1.20 bits per heavy atom. The maximum absolute atomic E-state index is 11.3. The van der Waals surface area contributed by atoms with Crippen LogP contribution in [0.25, 0.3) is 0 Å². The fourth-order valence-corrected chi connectivity index (χ4v) is 4.43. The summed E-state index contributed by atoms with van der Waals surface area (Å²) in [6.07, 6.45) is 8.72. The molecular weight excluding hydrogens is 290 g/mol. The van der Waals surface area contributed by atoms with Crippen molar-refractivity contribution in [3.05, 3.63) is 0 Å². The fourth-order valence-electron chi connectivity index (χ4n) is 2.53. The molecule has 0 aromatic heterocycles. The van der Waals surface area contributed by atoms with Gasteiger partial charge >= 0.3 is 0 Å². The third kappa shape index (κ3) is 10.1. The molecule has 0 N–H and O–H groups in total. The van der Waals surface area contributed by atoms with Crippen LogP contribution in [0.15, 0.2) is 0 Å². The van der Waals surface area contributed by atoms with Gasteiger partial charge in [0.25, 0.3) is 0 Å². The van der Waals surface area contributed by atoms with Crippen LogP contribution in [0.5, 0.6) is 0 Å². The number of unbranched alkanes of at least 4 members (excludes halogenated alkanes) is 3. The molecular formula is C15H34NO2S2+. The van der Waals surface area contributed by atoms with Crippen molar-refractivity contribution in [2.75, 3.05) is 38.2 Å². The van der Waals surface area contributed by atoms with Crippen molar-refractivity contribution in [1.29, 1.82) is 0 Å². The van der Waals surface area contributed by atoms with E-state index < -0.39 is 8.87 Å². The summed E-state index contributed by atoms with van der Waals surface area (Å²) in [5.74, 6) is 0.732. The number of hydrogen-bond donors (Lipinski definition) is 0. The van der Waals surface area contributed by atoms with Gasteiger partial charge < -0.3 is 4.48 Å². The summed E-state index contributed by atoms with van der Waals surface area (Å²) < 4.78 is 23.8. The molecule has 0 heterocycles. The van der Waals surface area contributed by atoms with Crippen LogP contribution in [0.3, 0.4) is 0 Å². The van der Waals surface area contributed by atoms with Gasteiger partial charge in [-0.3, -0.25) is 0 Å². The van der Waals surface area contributed by atoms with Gasteiger partial charge in [-0.05, 0) is 30.1 Å². The summed E-state index contributed by atoms with van der Waals surface area (Å²) in [4.78, 5) is 0. The van der Waals surface area contributed by atoms with Crippen LogP contribution < -0.4 is 0 Å². The van der Waals surface area contributed by atoms with Gasteiger partial charge in [-0.2, -0.15) is 0 Å². The van der Waals surface area contributed by atoms with E-state index in [-0.39, 0.29) is 0 Å². The molecule has 20 heavy (non-hydrogen) atoms. The number of nitrogens with zero attached hydrogens (tertiary/aromatic N) is 1. The minimum absolute atomic E-state index is 0.732. The highest BCUT2D eigenvalue weighted by Crippen LogP contribution is 2.18. The molecule has 0 aliphatic heterocycles. The summed E-state index contributed by atoms with van der Waals surface area (Å²) >= 11 is 0. The highest BCUT2D eigenvalue weighted by Gasteiger charge is 2.26. The second-order valence-corrected chi connectivity index (χ2v) is 10.4. The first-order valence-electron chi connectivity index (χ1n) is 8.08. The van der Waals surface area contributed by atoms with E-state index in [1.807, 2.05) is 0 Å². The highest BCUT2D eigenvalue weighted by atomic mass is 33.1. The summed E-state index contributed by atoms with van der Waals surface area (Å²) in [6, 6.07) is 0. The lowest BCUT2D eigenvalue weighted by Gasteiger charge is -2.39. The lowest BCUT2D eigenvalue weighted by molar-refractivity contribution is -0.926. The minimum atomic E-state index is -2.90. The average Bonchev–Trinajstić information content (AvgIpc) is 2.38. The Kier molecular flexibility index (Phi) is 11.1. The summed E-state index contributed by atoms with van der Waals surface area (Å²) in [5.41, 5.74) is 0. The van der Waals surface area contributed by atoms with E-state index in [9.17, 15) is 8.42 Å². The molecule has 0 aliphatic carbocycles. The van der Waals surface area contributed by atoms with E-state index in [2.05, 4.69) is 20.8 Å². The van der Waals surface area contributed by atoms with Crippen molar-refractivity contribution in [3.63, 3.8) is 0 Å². The summed E-state index contributed by atoms with van der Waals surface area (Å²) in [5, 5.41) is 0. The standard InChI is InChI=1S/C15H34NO2S2/c1-5-8-11-16(12-9-6-2,13-10-7-3)14-15-19-20(4,17)18/h5-15H2,1-4H3/q+1. The highest BCUT2D eigenvalue weighted by molar-refractivity contribution is 8.71. The molecule has 0 spiro atoms. The maximum atomic E-state index is 11.3. The third-order valence-electron chi connectivity index (χ3n) is 3.82. The molecule has 0 saturated carbocycles. The van der Waals surface area contributed by atoms with Gasteiger partial charge in [0.05, 0.1) is 31.9 Å². The molecule has 0 aromatic rings. The number of hydrogen-bond acceptors (Lipinski definition) is 3. The Balaban J connectivity index is 4.65. The lowest BCUT2D eigenvalue weighted by Crippen LogP contribution is -2.51. The predicted octanol–water partition coefficient (Wildman–Crippen LogP) is 3.90. The molecule has 122 valence electrons. The van der Waals surface area contributed by atoms with Crippen LogP contribution in [0.1, 0.15) is 59.3 Å². The van der Waals surface area contributed by atoms with Gasteiger partial charge in [-0.25, -0.2) is 8.42 Å². The smallest absolute Gasteiger partial charge is 0.198 e. The molecule has 0 unspecified atom stereocenters. The van der Waals surface area contributed by atoms with E-state index in [4.69, 9.17) is 0 Å². The summed E-state index contributed by atoms with van der Waals surface area (Å²) in [7, 11) is -1.78. The average molecular weight is 325 g/mol. The first-order chi connectivity index (χ1) is 9.39. The Morgan fingerprint density at radius 1 is 0.800 bits per heavy atom. The maximum Gasteiger partial charge on any atom is 0.198 e. The van der Waals surface area contributed by atoms with Crippen molar-refractivity contribution < 1.29 is 12.9 Å². The fraction of sp³-hybridized carbons (Fsp3) is 1.00. The van der Waals surface area contributed by atoms with Gasteiger partial charge in [-0.15, -0.1) is 0 Å². The van der Waals surface area contributed by atoms with Gasteiger partial charge in [0.1, 0.15) is 0 Å². The first-order valence-corrected chi connectivity index (χ1v) is 11.5. The van der Waals surface area contributed by atoms with Gasteiger partial charge in [0.2, 0.25) is 0 Å². The van der Waals surface area contributed by atoms with Gasteiger partial charge in [0.15, 0.2) is 8.87 Å². The van der Waals surface area contributed by atoms with E-state index in [1.54, 1.807) is 0 Å². The van der Waals surface area contributed by atoms with Crippen molar-refractivity contribution in [2.24, 2.45) is 0 Å². The minimum Gasteiger partial charge on any atom is -0.323 e. The molecule has 0 amide bonds. The van der Waals surface area contributed by atoms with E-state index in [1.165, 1.54) is 64.4 Å². The molecule has 3 nitrogen and oxygen atoms in total. The van der Waals surface area contributed by atoms with Crippen LogP contribution in [0, 0.1) is 0 Å². The topological polar surface area (TPSA) is 34.1 Å². The largest absolute Gasteiger partial charge is 0.323 e. The third-order valence-corrected chi connectivity index (χ3v) is 6.38. The molecule has 0 radical (unpaired) electrons. The Morgan fingerprint density at radius 3 is 1.50 bits per heavy atom. The monoisotopic (exact) mass is 324 g/mol. The second-order valence-electron chi connectivity index (χ2n) is 5.82. The Labute approximate surface area is 130 Å².